The molecule has 1 fully saturated rings. The van der Waals surface area contributed by atoms with Crippen LogP contribution in [0.3, 0.4) is 0 Å². The highest BCUT2D eigenvalue weighted by atomic mass is 19.1. The molecule has 1 aliphatic heterocycles. The highest BCUT2D eigenvalue weighted by Gasteiger charge is 2.19. The molecular formula is C16H17FN4O2. The minimum atomic E-state index is -0.455. The summed E-state index contributed by atoms with van der Waals surface area (Å²) in [7, 11) is 0. The van der Waals surface area contributed by atoms with Crippen LogP contribution in [0.25, 0.3) is 0 Å². The normalized spacial score (nSPS) is 15.6. The quantitative estimate of drug-likeness (QED) is 0.640. The summed E-state index contributed by atoms with van der Waals surface area (Å²) in [6.45, 7) is 3.72. The van der Waals surface area contributed by atoms with Crippen LogP contribution in [0, 0.1) is 15.9 Å². The van der Waals surface area contributed by atoms with E-state index in [0.717, 1.165) is 32.0 Å². The van der Waals surface area contributed by atoms with Crippen LogP contribution in [-0.2, 0) is 6.54 Å². The first-order valence-electron chi connectivity index (χ1n) is 7.44. The van der Waals surface area contributed by atoms with E-state index in [1.165, 1.54) is 18.3 Å². The molecule has 0 aliphatic carbocycles. The number of nitro groups is 1. The third-order valence-corrected chi connectivity index (χ3v) is 3.99. The maximum atomic E-state index is 13.7. The van der Waals surface area contributed by atoms with E-state index in [0.29, 0.717) is 12.1 Å². The molecule has 3 rings (SSSR count). The second-order valence-electron chi connectivity index (χ2n) is 5.49. The largest absolute Gasteiger partial charge is 0.354 e. The maximum absolute atomic E-state index is 13.7. The van der Waals surface area contributed by atoms with Crippen molar-refractivity contribution in [2.24, 2.45) is 0 Å². The predicted octanol–water partition coefficient (Wildman–Crippen LogP) is 2.45. The summed E-state index contributed by atoms with van der Waals surface area (Å²) in [4.78, 5) is 18.6. The second kappa shape index (κ2) is 6.70. The van der Waals surface area contributed by atoms with Crippen LogP contribution in [0.15, 0.2) is 42.6 Å². The molecule has 0 radical (unpaired) electrons. The van der Waals surface area contributed by atoms with Crippen LogP contribution in [0.5, 0.6) is 0 Å². The summed E-state index contributed by atoms with van der Waals surface area (Å²) in [6, 6.07) is 9.96. The van der Waals surface area contributed by atoms with E-state index in [1.54, 1.807) is 18.2 Å². The molecule has 0 amide bonds. The SMILES string of the molecule is O=[N+]([O-])c1ccc(N2CCN(Cc3ccccc3F)CC2)nc1. The van der Waals surface area contributed by atoms with Crippen LogP contribution in [-0.4, -0.2) is 41.0 Å². The molecule has 1 aliphatic rings. The average molecular weight is 316 g/mol. The Hall–Kier alpha value is -2.54. The Labute approximate surface area is 133 Å². The lowest BCUT2D eigenvalue weighted by molar-refractivity contribution is -0.385. The molecule has 0 saturated carbocycles. The minimum Gasteiger partial charge on any atom is -0.354 e. The van der Waals surface area contributed by atoms with E-state index in [9.17, 15) is 14.5 Å². The number of rotatable bonds is 4. The molecule has 23 heavy (non-hydrogen) atoms. The number of anilines is 1. The molecule has 1 aromatic carbocycles. The Morgan fingerprint density at radius 3 is 2.48 bits per heavy atom. The van der Waals surface area contributed by atoms with Gasteiger partial charge in [0.05, 0.1) is 4.92 Å². The van der Waals surface area contributed by atoms with E-state index in [4.69, 9.17) is 0 Å². The van der Waals surface area contributed by atoms with Gasteiger partial charge in [-0.2, -0.15) is 0 Å². The fourth-order valence-electron chi connectivity index (χ4n) is 2.68. The summed E-state index contributed by atoms with van der Waals surface area (Å²) < 4.78 is 13.7. The lowest BCUT2D eigenvalue weighted by Crippen LogP contribution is -2.46. The van der Waals surface area contributed by atoms with Crippen LogP contribution in [0.4, 0.5) is 15.9 Å². The topological polar surface area (TPSA) is 62.5 Å². The zero-order valence-electron chi connectivity index (χ0n) is 12.6. The standard InChI is InChI=1S/C16H17FN4O2/c17-15-4-2-1-3-13(15)12-19-7-9-20(10-8-19)16-6-5-14(11-18-16)21(22)23/h1-6,11H,7-10,12H2. The molecule has 1 saturated heterocycles. The van der Waals surface area contributed by atoms with Gasteiger partial charge >= 0.3 is 0 Å². The van der Waals surface area contributed by atoms with E-state index in [1.807, 2.05) is 6.07 Å². The zero-order valence-corrected chi connectivity index (χ0v) is 12.6. The van der Waals surface area contributed by atoms with Crippen molar-refractivity contribution in [1.82, 2.24) is 9.88 Å². The van der Waals surface area contributed by atoms with E-state index >= 15 is 0 Å². The van der Waals surface area contributed by atoms with Crippen molar-refractivity contribution in [1.29, 1.82) is 0 Å². The molecule has 7 heteroatoms. The number of nitrogens with zero attached hydrogens (tertiary/aromatic N) is 4. The highest BCUT2D eigenvalue weighted by Crippen LogP contribution is 2.18. The molecular weight excluding hydrogens is 299 g/mol. The molecule has 6 nitrogen and oxygen atoms in total. The molecule has 2 aromatic rings. The average Bonchev–Trinajstić information content (AvgIpc) is 2.58. The van der Waals surface area contributed by atoms with Crippen molar-refractivity contribution in [3.05, 3.63) is 64.1 Å². The molecule has 0 spiro atoms. The summed E-state index contributed by atoms with van der Waals surface area (Å²) >= 11 is 0. The van der Waals surface area contributed by atoms with Gasteiger partial charge in [0.15, 0.2) is 0 Å². The van der Waals surface area contributed by atoms with Crippen LogP contribution in [0.2, 0.25) is 0 Å². The Morgan fingerprint density at radius 2 is 1.87 bits per heavy atom. The molecule has 2 heterocycles. The first kappa shape index (κ1) is 15.4. The number of hydrogen-bond donors (Lipinski definition) is 0. The zero-order chi connectivity index (χ0) is 16.2. The number of halogens is 1. The van der Waals surface area contributed by atoms with Crippen LogP contribution >= 0.6 is 0 Å². The molecule has 120 valence electrons. The smallest absolute Gasteiger partial charge is 0.287 e. The van der Waals surface area contributed by atoms with Gasteiger partial charge in [-0.3, -0.25) is 15.0 Å². The van der Waals surface area contributed by atoms with E-state index < -0.39 is 4.92 Å². The van der Waals surface area contributed by atoms with Gasteiger partial charge < -0.3 is 4.90 Å². The second-order valence-corrected chi connectivity index (χ2v) is 5.49. The van der Waals surface area contributed by atoms with E-state index in [-0.39, 0.29) is 11.5 Å². The van der Waals surface area contributed by atoms with Gasteiger partial charge in [0, 0.05) is 44.4 Å². The number of pyridine rings is 1. The fraction of sp³-hybridized carbons (Fsp3) is 0.312. The first-order valence-corrected chi connectivity index (χ1v) is 7.44. The predicted molar refractivity (Wildman–Crippen MR) is 84.8 cm³/mol. The lowest BCUT2D eigenvalue weighted by atomic mass is 10.2. The highest BCUT2D eigenvalue weighted by molar-refractivity contribution is 5.43. The van der Waals surface area contributed by atoms with Crippen molar-refractivity contribution in [2.45, 2.75) is 6.54 Å². The van der Waals surface area contributed by atoms with Crippen molar-refractivity contribution in [3.63, 3.8) is 0 Å². The summed E-state index contributed by atoms with van der Waals surface area (Å²) in [5, 5.41) is 10.6. The van der Waals surface area contributed by atoms with Crippen molar-refractivity contribution < 1.29 is 9.31 Å². The Morgan fingerprint density at radius 1 is 1.13 bits per heavy atom. The summed E-state index contributed by atoms with van der Waals surface area (Å²) in [5.41, 5.74) is 0.696. The number of aromatic nitrogens is 1. The summed E-state index contributed by atoms with van der Waals surface area (Å²) in [6.07, 6.45) is 1.28. The van der Waals surface area contributed by atoms with E-state index in [2.05, 4.69) is 14.8 Å². The van der Waals surface area contributed by atoms with Gasteiger partial charge in [-0.25, -0.2) is 9.37 Å². The van der Waals surface area contributed by atoms with Crippen LogP contribution in [0.1, 0.15) is 5.56 Å². The molecule has 0 bridgehead atoms. The van der Waals surface area contributed by atoms with Gasteiger partial charge in [-0.15, -0.1) is 0 Å². The maximum Gasteiger partial charge on any atom is 0.287 e. The van der Waals surface area contributed by atoms with Crippen molar-refractivity contribution in [3.8, 4) is 0 Å². The first-order chi connectivity index (χ1) is 11.1. The van der Waals surface area contributed by atoms with Gasteiger partial charge in [0.2, 0.25) is 0 Å². The third-order valence-electron chi connectivity index (χ3n) is 3.99. The molecule has 0 atom stereocenters. The number of benzene rings is 1. The fourth-order valence-corrected chi connectivity index (χ4v) is 2.68. The minimum absolute atomic E-state index is 0.00746. The van der Waals surface area contributed by atoms with Crippen LogP contribution < -0.4 is 4.90 Å². The monoisotopic (exact) mass is 316 g/mol. The van der Waals surface area contributed by atoms with Gasteiger partial charge in [-0.05, 0) is 12.1 Å². The lowest BCUT2D eigenvalue weighted by Gasteiger charge is -2.35. The Bertz CT molecular complexity index is 685. The summed E-state index contributed by atoms with van der Waals surface area (Å²) in [5.74, 6) is 0.563. The molecule has 1 aromatic heterocycles. The molecule has 0 N–H and O–H groups in total. The number of piperazine rings is 1. The van der Waals surface area contributed by atoms with Gasteiger partial charge in [-0.1, -0.05) is 18.2 Å². The number of hydrogen-bond acceptors (Lipinski definition) is 5. The molecule has 0 unspecified atom stereocenters. The van der Waals surface area contributed by atoms with Crippen molar-refractivity contribution in [2.75, 3.05) is 31.1 Å². The van der Waals surface area contributed by atoms with Gasteiger partial charge in [0.25, 0.3) is 5.69 Å². The Balaban J connectivity index is 1.58. The third kappa shape index (κ3) is 3.62. The Kier molecular flexibility index (Phi) is 4.47. The van der Waals surface area contributed by atoms with Gasteiger partial charge in [0.1, 0.15) is 17.8 Å². The van der Waals surface area contributed by atoms with Crippen molar-refractivity contribution >= 4 is 11.5 Å².